The minimum atomic E-state index is -4.11. The third-order valence-corrected chi connectivity index (χ3v) is 2.80. The summed E-state index contributed by atoms with van der Waals surface area (Å²) in [6, 6.07) is 0. The fourth-order valence-corrected chi connectivity index (χ4v) is 1.79. The highest BCUT2D eigenvalue weighted by Crippen LogP contribution is 2.39. The molecule has 0 spiro atoms. The highest BCUT2D eigenvalue weighted by Gasteiger charge is 2.31. The Balaban J connectivity index is 1.95. The van der Waals surface area contributed by atoms with Crippen molar-refractivity contribution >= 4 is 11.6 Å². The molecule has 1 saturated carbocycles. The minimum absolute atomic E-state index is 0.0149. The molecule has 3 nitrogen and oxygen atoms in total. The molecule has 0 N–H and O–H groups in total. The van der Waals surface area contributed by atoms with Gasteiger partial charge in [0.2, 0.25) is 5.28 Å². The minimum Gasteiger partial charge on any atom is -0.302 e. The molecule has 0 radical (unpaired) electrons. The lowest BCUT2D eigenvalue weighted by molar-refractivity contribution is -0.135. The molecule has 2 rings (SSSR count). The molecular weight excluding hydrogens is 243 g/mol. The average Bonchev–Trinajstić information content (AvgIpc) is 2.92. The standard InChI is InChI=1S/C9H11ClF3N3/c10-8-15-14-7(6-2-3-6)16(8)5-1-4-9(11,12)13/h6H,1-5H2. The monoisotopic (exact) mass is 253 g/mol. The molecule has 1 fully saturated rings. The molecule has 1 aromatic heterocycles. The van der Waals surface area contributed by atoms with Crippen molar-refractivity contribution in [1.29, 1.82) is 0 Å². The predicted octanol–water partition coefficient (Wildman–Crippen LogP) is 3.15. The van der Waals surface area contributed by atoms with Crippen molar-refractivity contribution in [2.24, 2.45) is 0 Å². The van der Waals surface area contributed by atoms with Gasteiger partial charge in [0, 0.05) is 18.9 Å². The highest BCUT2D eigenvalue weighted by atomic mass is 35.5. The van der Waals surface area contributed by atoms with E-state index in [0.29, 0.717) is 5.92 Å². The van der Waals surface area contributed by atoms with E-state index < -0.39 is 12.6 Å². The zero-order valence-electron chi connectivity index (χ0n) is 8.47. The van der Waals surface area contributed by atoms with Gasteiger partial charge in [-0.2, -0.15) is 13.2 Å². The maximum absolute atomic E-state index is 12.0. The molecule has 0 aliphatic heterocycles. The van der Waals surface area contributed by atoms with Crippen molar-refractivity contribution < 1.29 is 13.2 Å². The summed E-state index contributed by atoms with van der Waals surface area (Å²) in [5, 5.41) is 7.77. The normalized spacial score (nSPS) is 16.8. The van der Waals surface area contributed by atoms with Crippen LogP contribution in [0.1, 0.15) is 37.4 Å². The second-order valence-electron chi connectivity index (χ2n) is 3.97. The maximum atomic E-state index is 12.0. The molecule has 16 heavy (non-hydrogen) atoms. The van der Waals surface area contributed by atoms with Crippen LogP contribution in [0, 0.1) is 0 Å². The molecule has 1 aromatic rings. The summed E-state index contributed by atoms with van der Waals surface area (Å²) in [5.41, 5.74) is 0. The molecule has 0 saturated heterocycles. The lowest BCUT2D eigenvalue weighted by Gasteiger charge is -2.08. The zero-order valence-corrected chi connectivity index (χ0v) is 9.22. The number of rotatable bonds is 4. The van der Waals surface area contributed by atoms with Gasteiger partial charge in [0.05, 0.1) is 0 Å². The van der Waals surface area contributed by atoms with Gasteiger partial charge in [-0.05, 0) is 30.9 Å². The van der Waals surface area contributed by atoms with Gasteiger partial charge in [-0.3, -0.25) is 0 Å². The number of hydrogen-bond acceptors (Lipinski definition) is 2. The first-order valence-electron chi connectivity index (χ1n) is 5.13. The van der Waals surface area contributed by atoms with Crippen molar-refractivity contribution in [3.05, 3.63) is 11.1 Å². The zero-order chi connectivity index (χ0) is 11.8. The average molecular weight is 254 g/mol. The van der Waals surface area contributed by atoms with Gasteiger partial charge in [-0.1, -0.05) is 0 Å². The van der Waals surface area contributed by atoms with Gasteiger partial charge >= 0.3 is 6.18 Å². The fourth-order valence-electron chi connectivity index (χ4n) is 1.58. The lowest BCUT2D eigenvalue weighted by Crippen LogP contribution is -2.10. The Labute approximate surface area is 95.6 Å². The van der Waals surface area contributed by atoms with Crippen LogP contribution in [0.5, 0.6) is 0 Å². The third-order valence-electron chi connectivity index (χ3n) is 2.52. The summed E-state index contributed by atoms with van der Waals surface area (Å²) in [5.74, 6) is 1.07. The molecule has 1 aliphatic rings. The Bertz CT molecular complexity index is 371. The summed E-state index contributed by atoms with van der Waals surface area (Å²) in [4.78, 5) is 0. The highest BCUT2D eigenvalue weighted by molar-refractivity contribution is 6.28. The molecule has 0 unspecified atom stereocenters. The largest absolute Gasteiger partial charge is 0.389 e. The number of halogens is 4. The van der Waals surface area contributed by atoms with Gasteiger partial charge in [0.1, 0.15) is 5.82 Å². The molecule has 90 valence electrons. The van der Waals surface area contributed by atoms with E-state index in [9.17, 15) is 13.2 Å². The van der Waals surface area contributed by atoms with Crippen LogP contribution in [0.25, 0.3) is 0 Å². The SMILES string of the molecule is FC(F)(F)CCCn1c(Cl)nnc1C1CC1. The summed E-state index contributed by atoms with van der Waals surface area (Å²) >= 11 is 5.77. The molecule has 0 atom stereocenters. The molecule has 0 amide bonds. The summed E-state index contributed by atoms with van der Waals surface area (Å²) in [7, 11) is 0. The molecule has 7 heteroatoms. The van der Waals surface area contributed by atoms with E-state index in [1.807, 2.05) is 0 Å². The first kappa shape index (κ1) is 11.7. The van der Waals surface area contributed by atoms with Gasteiger partial charge < -0.3 is 4.57 Å². The molecule has 0 aromatic carbocycles. The van der Waals surface area contributed by atoms with E-state index in [-0.39, 0.29) is 18.2 Å². The van der Waals surface area contributed by atoms with E-state index in [4.69, 9.17) is 11.6 Å². The van der Waals surface area contributed by atoms with E-state index in [1.165, 1.54) is 0 Å². The molecule has 1 aliphatic carbocycles. The van der Waals surface area contributed by atoms with Crippen LogP contribution in [0.4, 0.5) is 13.2 Å². The smallest absolute Gasteiger partial charge is 0.302 e. The number of hydrogen-bond donors (Lipinski definition) is 0. The van der Waals surface area contributed by atoms with Crippen LogP contribution >= 0.6 is 11.6 Å². The number of alkyl halides is 3. The van der Waals surface area contributed by atoms with E-state index in [2.05, 4.69) is 10.2 Å². The van der Waals surface area contributed by atoms with E-state index in [1.54, 1.807) is 4.57 Å². The quantitative estimate of drug-likeness (QED) is 0.825. The van der Waals surface area contributed by atoms with E-state index in [0.717, 1.165) is 18.7 Å². The first-order valence-corrected chi connectivity index (χ1v) is 5.50. The Kier molecular flexibility index (Phi) is 3.10. The molecule has 0 bridgehead atoms. The lowest BCUT2D eigenvalue weighted by atomic mass is 10.3. The number of nitrogens with zero attached hydrogens (tertiary/aromatic N) is 3. The summed E-state index contributed by atoms with van der Waals surface area (Å²) < 4.78 is 37.5. The van der Waals surface area contributed by atoms with Crippen LogP contribution in [0.3, 0.4) is 0 Å². The Morgan fingerprint density at radius 2 is 2.00 bits per heavy atom. The van der Waals surface area contributed by atoms with Gasteiger partial charge in [-0.25, -0.2) is 0 Å². The summed E-state index contributed by atoms with van der Waals surface area (Å²) in [6.45, 7) is 0.233. The first-order chi connectivity index (χ1) is 7.47. The Morgan fingerprint density at radius 3 is 2.56 bits per heavy atom. The maximum Gasteiger partial charge on any atom is 0.389 e. The third kappa shape index (κ3) is 2.87. The molecular formula is C9H11ClF3N3. The van der Waals surface area contributed by atoms with Crippen molar-refractivity contribution in [3.63, 3.8) is 0 Å². The molecule has 1 heterocycles. The Hall–Kier alpha value is -0.780. The van der Waals surface area contributed by atoms with Crippen LogP contribution in [-0.4, -0.2) is 20.9 Å². The fraction of sp³-hybridized carbons (Fsp3) is 0.778. The van der Waals surface area contributed by atoms with Crippen molar-refractivity contribution in [2.75, 3.05) is 0 Å². The van der Waals surface area contributed by atoms with Crippen LogP contribution in [0.2, 0.25) is 5.28 Å². The van der Waals surface area contributed by atoms with Crippen molar-refractivity contribution in [2.45, 2.75) is 44.3 Å². The van der Waals surface area contributed by atoms with Gasteiger partial charge in [0.25, 0.3) is 0 Å². The van der Waals surface area contributed by atoms with E-state index >= 15 is 0 Å². The van der Waals surface area contributed by atoms with Crippen molar-refractivity contribution in [1.82, 2.24) is 14.8 Å². The van der Waals surface area contributed by atoms with Crippen LogP contribution < -0.4 is 0 Å². The van der Waals surface area contributed by atoms with Crippen LogP contribution in [-0.2, 0) is 6.54 Å². The second-order valence-corrected chi connectivity index (χ2v) is 4.31. The topological polar surface area (TPSA) is 30.7 Å². The van der Waals surface area contributed by atoms with Gasteiger partial charge in [-0.15, -0.1) is 10.2 Å². The Morgan fingerprint density at radius 1 is 1.31 bits per heavy atom. The van der Waals surface area contributed by atoms with Crippen LogP contribution in [0.15, 0.2) is 0 Å². The second kappa shape index (κ2) is 4.24. The summed E-state index contributed by atoms with van der Waals surface area (Å²) in [6.07, 6.45) is -2.85. The van der Waals surface area contributed by atoms with Gasteiger partial charge in [0.15, 0.2) is 0 Å². The number of aromatic nitrogens is 3. The predicted molar refractivity (Wildman–Crippen MR) is 52.3 cm³/mol. The van der Waals surface area contributed by atoms with Crippen molar-refractivity contribution in [3.8, 4) is 0 Å².